The van der Waals surface area contributed by atoms with Crippen molar-refractivity contribution in [3.8, 4) is 5.88 Å². The van der Waals surface area contributed by atoms with Crippen molar-refractivity contribution in [2.45, 2.75) is 25.8 Å². The zero-order chi connectivity index (χ0) is 16.1. The van der Waals surface area contributed by atoms with E-state index < -0.39 is 0 Å². The Morgan fingerprint density at radius 2 is 2.35 bits per heavy atom. The monoisotopic (exact) mass is 332 g/mol. The molecule has 1 unspecified atom stereocenters. The van der Waals surface area contributed by atoms with E-state index in [0.29, 0.717) is 11.8 Å². The number of rotatable bonds is 6. The van der Waals surface area contributed by atoms with E-state index in [1.165, 1.54) is 24.3 Å². The molecule has 1 saturated heterocycles. The van der Waals surface area contributed by atoms with Crippen LogP contribution in [0.15, 0.2) is 24.4 Å². The molecule has 1 aliphatic heterocycles. The molecule has 124 valence electrons. The van der Waals surface area contributed by atoms with Crippen molar-refractivity contribution in [3.05, 3.63) is 35.0 Å². The van der Waals surface area contributed by atoms with E-state index in [-0.39, 0.29) is 0 Å². The minimum atomic E-state index is 0.667. The van der Waals surface area contributed by atoms with Crippen LogP contribution in [0.25, 0.3) is 0 Å². The third kappa shape index (κ3) is 4.42. The molecule has 0 aliphatic carbocycles. The summed E-state index contributed by atoms with van der Waals surface area (Å²) in [7, 11) is 3.59. The van der Waals surface area contributed by atoms with Gasteiger partial charge < -0.3 is 10.1 Å². The Kier molecular flexibility index (Phi) is 5.46. The van der Waals surface area contributed by atoms with Crippen LogP contribution in [0.3, 0.4) is 0 Å². The standard InChI is InChI=1S/C17H24N4OS/c1-18-17-19-10-15(23-17)12-21-8-4-5-13(11-21)9-14-6-3-7-16(20-14)22-2/h3,6-7,10,13H,4-5,8-9,11-12H2,1-2H3,(H,18,19). The summed E-state index contributed by atoms with van der Waals surface area (Å²) in [5.41, 5.74) is 1.13. The number of hydrogen-bond donors (Lipinski definition) is 1. The van der Waals surface area contributed by atoms with Crippen LogP contribution in [0.2, 0.25) is 0 Å². The lowest BCUT2D eigenvalue weighted by Gasteiger charge is -2.32. The lowest BCUT2D eigenvalue weighted by atomic mass is 9.93. The number of nitrogens with zero attached hydrogens (tertiary/aromatic N) is 3. The van der Waals surface area contributed by atoms with E-state index in [0.717, 1.165) is 30.3 Å². The van der Waals surface area contributed by atoms with E-state index >= 15 is 0 Å². The highest BCUT2D eigenvalue weighted by atomic mass is 32.1. The van der Waals surface area contributed by atoms with Gasteiger partial charge in [-0.15, -0.1) is 11.3 Å². The zero-order valence-electron chi connectivity index (χ0n) is 13.8. The third-order valence-electron chi connectivity index (χ3n) is 4.24. The summed E-state index contributed by atoms with van der Waals surface area (Å²) < 4.78 is 5.22. The van der Waals surface area contributed by atoms with Gasteiger partial charge in [-0.2, -0.15) is 0 Å². The summed E-state index contributed by atoms with van der Waals surface area (Å²) in [5.74, 6) is 1.37. The highest BCUT2D eigenvalue weighted by Gasteiger charge is 2.21. The minimum absolute atomic E-state index is 0.667. The van der Waals surface area contributed by atoms with E-state index in [1.807, 2.05) is 25.4 Å². The van der Waals surface area contributed by atoms with Gasteiger partial charge in [0.1, 0.15) is 0 Å². The van der Waals surface area contributed by atoms with Crippen LogP contribution in [-0.4, -0.2) is 42.1 Å². The van der Waals surface area contributed by atoms with Crippen molar-refractivity contribution < 1.29 is 4.74 Å². The molecule has 1 aliphatic rings. The largest absolute Gasteiger partial charge is 0.481 e. The van der Waals surface area contributed by atoms with Gasteiger partial charge in [0.05, 0.1) is 7.11 Å². The molecule has 2 aromatic rings. The maximum Gasteiger partial charge on any atom is 0.213 e. The van der Waals surface area contributed by atoms with Crippen LogP contribution in [0.5, 0.6) is 5.88 Å². The fourth-order valence-corrected chi connectivity index (χ4v) is 3.97. The number of anilines is 1. The van der Waals surface area contributed by atoms with E-state index in [9.17, 15) is 0 Å². The summed E-state index contributed by atoms with van der Waals surface area (Å²) in [5, 5.41) is 4.10. The van der Waals surface area contributed by atoms with Gasteiger partial charge in [-0.25, -0.2) is 9.97 Å². The fraction of sp³-hybridized carbons (Fsp3) is 0.529. The number of likely N-dealkylation sites (tertiary alicyclic amines) is 1. The smallest absolute Gasteiger partial charge is 0.213 e. The summed E-state index contributed by atoms with van der Waals surface area (Å²) in [6.07, 6.45) is 5.55. The molecule has 0 radical (unpaired) electrons. The van der Waals surface area contributed by atoms with E-state index in [2.05, 4.69) is 26.3 Å². The van der Waals surface area contributed by atoms with Crippen LogP contribution in [0, 0.1) is 5.92 Å². The van der Waals surface area contributed by atoms with Gasteiger partial charge in [0.2, 0.25) is 5.88 Å². The predicted octanol–water partition coefficient (Wildman–Crippen LogP) is 3.04. The van der Waals surface area contributed by atoms with Gasteiger partial charge in [-0.05, 0) is 37.8 Å². The maximum absolute atomic E-state index is 5.22. The molecule has 0 bridgehead atoms. The highest BCUT2D eigenvalue weighted by Crippen LogP contribution is 2.25. The molecule has 0 aromatic carbocycles. The normalized spacial score (nSPS) is 18.8. The molecule has 0 amide bonds. The Morgan fingerprint density at radius 1 is 1.43 bits per heavy atom. The van der Waals surface area contributed by atoms with Crippen LogP contribution in [0.1, 0.15) is 23.4 Å². The summed E-state index contributed by atoms with van der Waals surface area (Å²) in [6.45, 7) is 3.31. The number of ether oxygens (including phenoxy) is 1. The van der Waals surface area contributed by atoms with Crippen molar-refractivity contribution in [2.24, 2.45) is 5.92 Å². The molecule has 5 nitrogen and oxygen atoms in total. The molecule has 23 heavy (non-hydrogen) atoms. The molecule has 1 atom stereocenters. The van der Waals surface area contributed by atoms with Crippen molar-refractivity contribution in [2.75, 3.05) is 32.6 Å². The van der Waals surface area contributed by atoms with E-state index in [1.54, 1.807) is 18.4 Å². The number of pyridine rings is 1. The quantitative estimate of drug-likeness (QED) is 0.881. The summed E-state index contributed by atoms with van der Waals surface area (Å²) in [6, 6.07) is 6.03. The van der Waals surface area contributed by atoms with Crippen molar-refractivity contribution in [1.82, 2.24) is 14.9 Å². The van der Waals surface area contributed by atoms with Crippen LogP contribution in [0.4, 0.5) is 5.13 Å². The first-order valence-electron chi connectivity index (χ1n) is 8.11. The number of hydrogen-bond acceptors (Lipinski definition) is 6. The minimum Gasteiger partial charge on any atom is -0.481 e. The van der Waals surface area contributed by atoms with Gasteiger partial charge in [0.15, 0.2) is 5.13 Å². The lowest BCUT2D eigenvalue weighted by molar-refractivity contribution is 0.167. The Labute approximate surface area is 141 Å². The summed E-state index contributed by atoms with van der Waals surface area (Å²) >= 11 is 1.74. The first-order chi connectivity index (χ1) is 11.3. The summed E-state index contributed by atoms with van der Waals surface area (Å²) in [4.78, 5) is 12.8. The van der Waals surface area contributed by atoms with Gasteiger partial charge in [-0.3, -0.25) is 4.90 Å². The number of thiazole rings is 1. The first-order valence-corrected chi connectivity index (χ1v) is 8.93. The van der Waals surface area contributed by atoms with Gasteiger partial charge in [0.25, 0.3) is 0 Å². The van der Waals surface area contributed by atoms with Crippen LogP contribution < -0.4 is 10.1 Å². The highest BCUT2D eigenvalue weighted by molar-refractivity contribution is 7.15. The number of aromatic nitrogens is 2. The van der Waals surface area contributed by atoms with Gasteiger partial charge in [-0.1, -0.05) is 6.07 Å². The van der Waals surface area contributed by atoms with Crippen molar-refractivity contribution >= 4 is 16.5 Å². The average molecular weight is 332 g/mol. The number of nitrogens with one attached hydrogen (secondary N) is 1. The second-order valence-corrected chi connectivity index (χ2v) is 7.12. The van der Waals surface area contributed by atoms with Crippen LogP contribution in [-0.2, 0) is 13.0 Å². The molecule has 1 fully saturated rings. The first kappa shape index (κ1) is 16.2. The maximum atomic E-state index is 5.22. The Bertz CT molecular complexity index is 631. The second-order valence-electron chi connectivity index (χ2n) is 6.00. The Balaban J connectivity index is 1.57. The fourth-order valence-electron chi connectivity index (χ4n) is 3.16. The number of piperidine rings is 1. The third-order valence-corrected chi connectivity index (χ3v) is 5.24. The molecule has 0 spiro atoms. The lowest BCUT2D eigenvalue weighted by Crippen LogP contribution is -2.35. The molecular weight excluding hydrogens is 308 g/mol. The van der Waals surface area contributed by atoms with Gasteiger partial charge >= 0.3 is 0 Å². The Morgan fingerprint density at radius 3 is 3.13 bits per heavy atom. The topological polar surface area (TPSA) is 50.3 Å². The molecule has 3 rings (SSSR count). The van der Waals surface area contributed by atoms with Crippen molar-refractivity contribution in [3.63, 3.8) is 0 Å². The van der Waals surface area contributed by atoms with Crippen molar-refractivity contribution in [1.29, 1.82) is 0 Å². The molecular formula is C17H24N4OS. The van der Waals surface area contributed by atoms with Gasteiger partial charge in [0, 0.05) is 43.0 Å². The van der Waals surface area contributed by atoms with Crippen LogP contribution >= 0.6 is 11.3 Å². The zero-order valence-corrected chi connectivity index (χ0v) is 14.6. The molecule has 0 saturated carbocycles. The SMILES string of the molecule is CNc1ncc(CN2CCCC(Cc3cccc(OC)n3)C2)s1. The molecule has 2 aromatic heterocycles. The molecule has 1 N–H and O–H groups in total. The van der Waals surface area contributed by atoms with E-state index in [4.69, 9.17) is 4.74 Å². The number of methoxy groups -OCH3 is 1. The average Bonchev–Trinajstić information content (AvgIpc) is 3.03. The molecule has 3 heterocycles. The predicted molar refractivity (Wildman–Crippen MR) is 94.2 cm³/mol. The Hall–Kier alpha value is -1.66. The molecule has 6 heteroatoms. The second kappa shape index (κ2) is 7.75.